The van der Waals surface area contributed by atoms with Gasteiger partial charge in [0, 0.05) is 12.6 Å². The number of nitrogens with zero attached hydrogens (tertiary/aromatic N) is 2. The van der Waals surface area contributed by atoms with Gasteiger partial charge in [-0.15, -0.1) is 0 Å². The van der Waals surface area contributed by atoms with Crippen molar-refractivity contribution in [2.24, 2.45) is 0 Å². The van der Waals surface area contributed by atoms with E-state index in [-0.39, 0.29) is 11.3 Å². The van der Waals surface area contributed by atoms with Crippen LogP contribution >= 0.6 is 0 Å². The van der Waals surface area contributed by atoms with Crippen LogP contribution in [0.2, 0.25) is 0 Å². The van der Waals surface area contributed by atoms with Crippen LogP contribution in [0.25, 0.3) is 0 Å². The van der Waals surface area contributed by atoms with Gasteiger partial charge in [0.15, 0.2) is 0 Å². The van der Waals surface area contributed by atoms with E-state index < -0.39 is 17.4 Å². The number of hydrogen-bond donors (Lipinski definition) is 0. The number of carbonyl (C=O) groups excluding carboxylic acids is 1. The van der Waals surface area contributed by atoms with Crippen LogP contribution in [0.3, 0.4) is 0 Å². The molecule has 0 saturated carbocycles. The van der Waals surface area contributed by atoms with E-state index >= 15 is 0 Å². The Morgan fingerprint density at radius 3 is 2.80 bits per heavy atom. The number of nitriles is 1. The summed E-state index contributed by atoms with van der Waals surface area (Å²) in [7, 11) is 1.34. The minimum atomic E-state index is -2.76. The van der Waals surface area contributed by atoms with E-state index in [1.165, 1.54) is 19.2 Å². The lowest BCUT2D eigenvalue weighted by Crippen LogP contribution is -2.33. The van der Waals surface area contributed by atoms with Crippen molar-refractivity contribution in [3.05, 3.63) is 29.6 Å². The lowest BCUT2D eigenvalue weighted by atomic mass is 9.99. The van der Waals surface area contributed by atoms with Gasteiger partial charge in [-0.3, -0.25) is 4.79 Å². The second-order valence-corrected chi connectivity index (χ2v) is 3.30. The van der Waals surface area contributed by atoms with Gasteiger partial charge >= 0.3 is 5.67 Å². The minimum absolute atomic E-state index is 0.225. The lowest BCUT2D eigenvalue weighted by molar-refractivity contribution is -0.125. The normalized spacial score (nSPS) is 23.9. The van der Waals surface area contributed by atoms with E-state index in [4.69, 9.17) is 5.26 Å². The zero-order valence-electron chi connectivity index (χ0n) is 7.79. The third-order valence-electron chi connectivity index (χ3n) is 2.44. The number of hydrogen-bond acceptors (Lipinski definition) is 2. The number of likely N-dealkylation sites (N-methyl/N-ethyl adjacent to an activating group) is 1. The first kappa shape index (κ1) is 9.59. The van der Waals surface area contributed by atoms with Gasteiger partial charge in [0.1, 0.15) is 11.9 Å². The Balaban J connectivity index is 2.74. The monoisotopic (exact) mass is 208 g/mol. The fourth-order valence-corrected chi connectivity index (χ4v) is 1.64. The maximum atomic E-state index is 13.9. The number of carbonyl (C=O) groups is 1. The smallest absolute Gasteiger partial charge is 0.300 e. The molecule has 1 amide bonds. The molecule has 0 spiro atoms. The molecule has 2 rings (SSSR count). The van der Waals surface area contributed by atoms with E-state index in [1.54, 1.807) is 0 Å². The molecule has 0 saturated heterocycles. The van der Waals surface area contributed by atoms with Crippen LogP contribution in [0.15, 0.2) is 18.2 Å². The summed E-state index contributed by atoms with van der Waals surface area (Å²) in [4.78, 5) is 12.4. The number of benzene rings is 1. The largest absolute Gasteiger partial charge is 0.311 e. The van der Waals surface area contributed by atoms with Crippen LogP contribution in [0, 0.1) is 17.1 Å². The van der Waals surface area contributed by atoms with Crippen LogP contribution in [0.1, 0.15) is 5.56 Å². The Hall–Kier alpha value is -1.96. The Morgan fingerprint density at radius 1 is 1.53 bits per heavy atom. The summed E-state index contributed by atoms with van der Waals surface area (Å²) in [6.07, 6.45) is 0. The highest BCUT2D eigenvalue weighted by atomic mass is 19.1. The van der Waals surface area contributed by atoms with Crippen LogP contribution in [0.4, 0.5) is 14.5 Å². The van der Waals surface area contributed by atoms with Gasteiger partial charge < -0.3 is 4.90 Å². The topological polar surface area (TPSA) is 44.1 Å². The van der Waals surface area contributed by atoms with Gasteiger partial charge in [-0.1, -0.05) is 0 Å². The van der Waals surface area contributed by atoms with Crippen molar-refractivity contribution in [1.29, 1.82) is 5.26 Å². The van der Waals surface area contributed by atoms with Crippen LogP contribution < -0.4 is 4.90 Å². The molecule has 1 unspecified atom stereocenters. The quantitative estimate of drug-likeness (QED) is 0.648. The number of alkyl halides is 1. The van der Waals surface area contributed by atoms with Crippen molar-refractivity contribution in [2.45, 2.75) is 5.67 Å². The average molecular weight is 208 g/mol. The lowest BCUT2D eigenvalue weighted by Gasteiger charge is -2.09. The summed E-state index contributed by atoms with van der Waals surface area (Å²) in [6, 6.07) is 4.55. The molecule has 5 heteroatoms. The van der Waals surface area contributed by atoms with Crippen molar-refractivity contribution >= 4 is 11.6 Å². The standard InChI is InChI=1S/C10H6F2N2O/c1-14-8-3-2-6(11)4-7(8)10(12,5-13)9(14)15/h2-4H,1H3. The molecule has 1 aliphatic heterocycles. The second-order valence-electron chi connectivity index (χ2n) is 3.30. The predicted octanol–water partition coefficient (Wildman–Crippen LogP) is 1.49. The summed E-state index contributed by atoms with van der Waals surface area (Å²) in [5.74, 6) is -1.65. The molecule has 1 aliphatic rings. The van der Waals surface area contributed by atoms with Gasteiger partial charge in [-0.25, -0.2) is 8.78 Å². The van der Waals surface area contributed by atoms with Gasteiger partial charge in [-0.2, -0.15) is 5.26 Å². The average Bonchev–Trinajstić information content (AvgIpc) is 2.42. The van der Waals surface area contributed by atoms with Gasteiger partial charge in [0.2, 0.25) is 0 Å². The number of amides is 1. The van der Waals surface area contributed by atoms with Gasteiger partial charge in [0.25, 0.3) is 5.91 Å². The highest BCUT2D eigenvalue weighted by Gasteiger charge is 2.51. The van der Waals surface area contributed by atoms with E-state index in [0.29, 0.717) is 0 Å². The first-order valence-corrected chi connectivity index (χ1v) is 4.19. The summed E-state index contributed by atoms with van der Waals surface area (Å²) >= 11 is 0. The maximum absolute atomic E-state index is 13.9. The van der Waals surface area contributed by atoms with E-state index in [0.717, 1.165) is 17.0 Å². The van der Waals surface area contributed by atoms with Crippen molar-refractivity contribution in [3.8, 4) is 6.07 Å². The highest BCUT2D eigenvalue weighted by Crippen LogP contribution is 2.41. The molecular formula is C10H6F2N2O. The zero-order valence-corrected chi connectivity index (χ0v) is 7.79. The van der Waals surface area contributed by atoms with Crippen molar-refractivity contribution < 1.29 is 13.6 Å². The Kier molecular flexibility index (Phi) is 1.77. The summed E-state index contributed by atoms with van der Waals surface area (Å²) in [5.41, 5.74) is -2.76. The molecule has 0 N–H and O–H groups in total. The molecule has 0 radical (unpaired) electrons. The van der Waals surface area contributed by atoms with E-state index in [1.807, 2.05) is 0 Å². The molecule has 0 aromatic heterocycles. The zero-order chi connectivity index (χ0) is 11.2. The molecule has 15 heavy (non-hydrogen) atoms. The molecule has 3 nitrogen and oxygen atoms in total. The molecule has 1 aromatic rings. The molecule has 1 atom stereocenters. The van der Waals surface area contributed by atoms with E-state index in [9.17, 15) is 13.6 Å². The number of anilines is 1. The van der Waals surface area contributed by atoms with Crippen molar-refractivity contribution in [2.75, 3.05) is 11.9 Å². The fraction of sp³-hybridized carbons (Fsp3) is 0.200. The maximum Gasteiger partial charge on any atom is 0.300 e. The predicted molar refractivity (Wildman–Crippen MR) is 48.2 cm³/mol. The Labute approximate surface area is 84.5 Å². The SMILES string of the molecule is CN1C(=O)C(F)(C#N)c2cc(F)ccc21. The highest BCUT2D eigenvalue weighted by molar-refractivity contribution is 6.08. The van der Waals surface area contributed by atoms with Crippen LogP contribution in [-0.4, -0.2) is 13.0 Å². The summed E-state index contributed by atoms with van der Waals surface area (Å²) in [5, 5.41) is 8.66. The first-order valence-electron chi connectivity index (χ1n) is 4.19. The molecule has 0 bridgehead atoms. The Morgan fingerprint density at radius 2 is 2.20 bits per heavy atom. The molecule has 1 heterocycles. The Bertz CT molecular complexity index is 495. The van der Waals surface area contributed by atoms with Gasteiger partial charge in [-0.05, 0) is 18.2 Å². The summed E-state index contributed by atoms with van der Waals surface area (Å²) in [6.45, 7) is 0. The molecule has 0 aliphatic carbocycles. The third-order valence-corrected chi connectivity index (χ3v) is 2.44. The third kappa shape index (κ3) is 1.05. The second kappa shape index (κ2) is 2.76. The van der Waals surface area contributed by atoms with Crippen LogP contribution in [-0.2, 0) is 10.5 Å². The van der Waals surface area contributed by atoms with Crippen molar-refractivity contribution in [3.63, 3.8) is 0 Å². The van der Waals surface area contributed by atoms with E-state index in [2.05, 4.69) is 0 Å². The molecule has 1 aromatic carbocycles. The molecule has 76 valence electrons. The first-order chi connectivity index (χ1) is 7.00. The number of rotatable bonds is 0. The molecule has 0 fully saturated rings. The molecular weight excluding hydrogens is 202 g/mol. The number of fused-ring (bicyclic) bond motifs is 1. The van der Waals surface area contributed by atoms with Crippen LogP contribution in [0.5, 0.6) is 0 Å². The summed E-state index contributed by atoms with van der Waals surface area (Å²) < 4.78 is 26.8. The van der Waals surface area contributed by atoms with Crippen molar-refractivity contribution in [1.82, 2.24) is 0 Å². The minimum Gasteiger partial charge on any atom is -0.311 e. The number of halogens is 2. The van der Waals surface area contributed by atoms with Gasteiger partial charge in [0.05, 0.1) is 5.69 Å². The fourth-order valence-electron chi connectivity index (χ4n) is 1.64.